The van der Waals surface area contributed by atoms with Crippen LogP contribution in [0, 0.1) is 23.7 Å². The molecule has 3 aliphatic rings. The van der Waals surface area contributed by atoms with Crippen LogP contribution in [0.4, 0.5) is 0 Å². The van der Waals surface area contributed by atoms with Crippen LogP contribution in [-0.2, 0) is 28.8 Å². The van der Waals surface area contributed by atoms with Crippen molar-refractivity contribution in [2.24, 2.45) is 23.7 Å². The lowest BCUT2D eigenvalue weighted by Gasteiger charge is -2.34. The first kappa shape index (κ1) is 33.5. The van der Waals surface area contributed by atoms with E-state index in [1.807, 2.05) is 7.05 Å². The normalized spacial score (nSPS) is 29.4. The van der Waals surface area contributed by atoms with Gasteiger partial charge in [0.2, 0.25) is 17.7 Å². The first-order chi connectivity index (χ1) is 20.0. The zero-order chi connectivity index (χ0) is 30.8. The van der Waals surface area contributed by atoms with Crippen molar-refractivity contribution in [3.8, 4) is 0 Å². The summed E-state index contributed by atoms with van der Waals surface area (Å²) in [5.74, 6) is -6.87. The van der Waals surface area contributed by atoms with Crippen LogP contribution >= 0.6 is 0 Å². The first-order valence-corrected chi connectivity index (χ1v) is 15.5. The standard InChI is InChI=1S/C30H48N4O8/c1-17(35)14-24(29(39)40)25(30(41)42)16-26(36)32-21-12-8-19(9-13-21)28(38)34-23-5-3-4-22(15-23)33-27(37)18-6-10-20(31-2)11-7-18/h18-25,31H,3-16H2,1-2H3,(H,32,36)(H,33,37)(H,34,38)(H,39,40)(H,41,42). The fourth-order valence-electron chi connectivity index (χ4n) is 6.83. The van der Waals surface area contributed by atoms with Crippen LogP contribution in [0.3, 0.4) is 0 Å². The second-order valence-corrected chi connectivity index (χ2v) is 12.5. The van der Waals surface area contributed by atoms with Gasteiger partial charge in [-0.3, -0.25) is 24.0 Å². The zero-order valence-electron chi connectivity index (χ0n) is 24.9. The maximum Gasteiger partial charge on any atom is 0.307 e. The van der Waals surface area contributed by atoms with Crippen molar-refractivity contribution in [1.29, 1.82) is 0 Å². The number of Topliss-reactive ketones (excluding diaryl/α,β-unsaturated/α-hetero) is 1. The summed E-state index contributed by atoms with van der Waals surface area (Å²) in [5, 5.41) is 31.4. The minimum Gasteiger partial charge on any atom is -0.481 e. The van der Waals surface area contributed by atoms with Crippen molar-refractivity contribution in [2.45, 2.75) is 121 Å². The minimum atomic E-state index is -1.51. The van der Waals surface area contributed by atoms with Gasteiger partial charge in [0.15, 0.2) is 0 Å². The van der Waals surface area contributed by atoms with Crippen LogP contribution in [0.15, 0.2) is 0 Å². The molecule has 0 aromatic rings. The van der Waals surface area contributed by atoms with Gasteiger partial charge in [-0.1, -0.05) is 0 Å². The summed E-state index contributed by atoms with van der Waals surface area (Å²) in [6, 6.07) is 0.341. The number of hydrogen-bond acceptors (Lipinski definition) is 7. The quantitative estimate of drug-likeness (QED) is 0.185. The van der Waals surface area contributed by atoms with Crippen molar-refractivity contribution in [3.05, 3.63) is 0 Å². The van der Waals surface area contributed by atoms with Gasteiger partial charge in [-0.15, -0.1) is 0 Å². The van der Waals surface area contributed by atoms with Crippen molar-refractivity contribution in [3.63, 3.8) is 0 Å². The molecule has 0 saturated heterocycles. The van der Waals surface area contributed by atoms with E-state index < -0.39 is 48.3 Å². The van der Waals surface area contributed by atoms with E-state index in [9.17, 15) is 39.0 Å². The third-order valence-electron chi connectivity index (χ3n) is 9.37. The molecule has 4 atom stereocenters. The number of carbonyl (C=O) groups excluding carboxylic acids is 4. The molecule has 0 heterocycles. The summed E-state index contributed by atoms with van der Waals surface area (Å²) < 4.78 is 0. The summed E-state index contributed by atoms with van der Waals surface area (Å²) in [5.41, 5.74) is 0. The van der Waals surface area contributed by atoms with Gasteiger partial charge in [0.25, 0.3) is 0 Å². The molecule has 6 N–H and O–H groups in total. The Morgan fingerprint density at radius 3 is 1.50 bits per heavy atom. The molecule has 3 rings (SSSR count). The van der Waals surface area contributed by atoms with Crippen LogP contribution in [0.5, 0.6) is 0 Å². The van der Waals surface area contributed by atoms with Gasteiger partial charge in [0.05, 0.1) is 11.8 Å². The molecule has 0 aliphatic heterocycles. The molecule has 3 aliphatic carbocycles. The lowest BCUT2D eigenvalue weighted by atomic mass is 9.83. The highest BCUT2D eigenvalue weighted by Crippen LogP contribution is 2.28. The molecule has 0 spiro atoms. The van der Waals surface area contributed by atoms with Gasteiger partial charge in [-0.05, 0) is 91.0 Å². The molecular weight excluding hydrogens is 544 g/mol. The molecule has 3 fully saturated rings. The van der Waals surface area contributed by atoms with Crippen LogP contribution in [-0.4, -0.2) is 76.9 Å². The van der Waals surface area contributed by atoms with Crippen LogP contribution < -0.4 is 21.3 Å². The Balaban J connectivity index is 1.40. The second-order valence-electron chi connectivity index (χ2n) is 12.5. The summed E-state index contributed by atoms with van der Waals surface area (Å²) in [7, 11) is 1.96. The van der Waals surface area contributed by atoms with Gasteiger partial charge in [0.1, 0.15) is 5.78 Å². The van der Waals surface area contributed by atoms with Crippen LogP contribution in [0.1, 0.15) is 96.8 Å². The maximum atomic E-state index is 13.0. The number of amides is 3. The topological polar surface area (TPSA) is 191 Å². The van der Waals surface area contributed by atoms with E-state index in [2.05, 4.69) is 21.3 Å². The predicted octanol–water partition coefficient (Wildman–Crippen LogP) is 1.75. The summed E-state index contributed by atoms with van der Waals surface area (Å²) >= 11 is 0. The first-order valence-electron chi connectivity index (χ1n) is 15.5. The number of nitrogens with one attached hydrogen (secondary N) is 4. The molecule has 0 bridgehead atoms. The highest BCUT2D eigenvalue weighted by atomic mass is 16.4. The van der Waals surface area contributed by atoms with E-state index in [1.54, 1.807) is 0 Å². The molecule has 236 valence electrons. The number of aliphatic carboxylic acids is 2. The van der Waals surface area contributed by atoms with E-state index in [1.165, 1.54) is 6.92 Å². The van der Waals surface area contributed by atoms with E-state index in [0.29, 0.717) is 31.7 Å². The molecular formula is C30H48N4O8. The molecule has 4 unspecified atom stereocenters. The highest BCUT2D eigenvalue weighted by Gasteiger charge is 2.37. The third kappa shape index (κ3) is 10.1. The Bertz CT molecular complexity index is 988. The highest BCUT2D eigenvalue weighted by molar-refractivity contribution is 5.89. The van der Waals surface area contributed by atoms with E-state index in [4.69, 9.17) is 0 Å². The Hall–Kier alpha value is -3.02. The lowest BCUT2D eigenvalue weighted by molar-refractivity contribution is -0.156. The van der Waals surface area contributed by atoms with Crippen LogP contribution in [0.2, 0.25) is 0 Å². The maximum absolute atomic E-state index is 13.0. The number of carboxylic acids is 2. The largest absolute Gasteiger partial charge is 0.481 e. The fraction of sp³-hybridized carbons (Fsp3) is 0.800. The summed E-state index contributed by atoms with van der Waals surface area (Å²) in [6.45, 7) is 1.19. The van der Waals surface area contributed by atoms with Crippen molar-refractivity contribution >= 4 is 35.4 Å². The molecule has 42 heavy (non-hydrogen) atoms. The van der Waals surface area contributed by atoms with Gasteiger partial charge in [-0.2, -0.15) is 0 Å². The van der Waals surface area contributed by atoms with Gasteiger partial charge in [0, 0.05) is 48.8 Å². The molecule has 0 radical (unpaired) electrons. The monoisotopic (exact) mass is 592 g/mol. The van der Waals surface area contributed by atoms with E-state index in [-0.39, 0.29) is 41.8 Å². The molecule has 3 saturated carbocycles. The van der Waals surface area contributed by atoms with Gasteiger partial charge < -0.3 is 36.3 Å². The minimum absolute atomic E-state index is 0.0124. The van der Waals surface area contributed by atoms with E-state index in [0.717, 1.165) is 51.4 Å². The number of ketones is 1. The number of hydrogen-bond donors (Lipinski definition) is 6. The van der Waals surface area contributed by atoms with Gasteiger partial charge >= 0.3 is 11.9 Å². The molecule has 0 aromatic heterocycles. The van der Waals surface area contributed by atoms with Gasteiger partial charge in [-0.25, -0.2) is 0 Å². The molecule has 12 nitrogen and oxygen atoms in total. The van der Waals surface area contributed by atoms with Crippen molar-refractivity contribution < 1.29 is 39.0 Å². The Morgan fingerprint density at radius 2 is 1.07 bits per heavy atom. The zero-order valence-corrected chi connectivity index (χ0v) is 24.9. The average Bonchev–Trinajstić information content (AvgIpc) is 2.95. The fourth-order valence-corrected chi connectivity index (χ4v) is 6.83. The lowest BCUT2D eigenvalue weighted by Crippen LogP contribution is -2.49. The third-order valence-corrected chi connectivity index (χ3v) is 9.37. The average molecular weight is 593 g/mol. The Labute approximate surface area is 247 Å². The van der Waals surface area contributed by atoms with Crippen molar-refractivity contribution in [2.75, 3.05) is 7.05 Å². The second kappa shape index (κ2) is 16.0. The molecule has 12 heteroatoms. The molecule has 0 aromatic carbocycles. The molecule has 3 amide bonds. The number of carbonyl (C=O) groups is 6. The smallest absolute Gasteiger partial charge is 0.307 e. The number of rotatable bonds is 13. The Morgan fingerprint density at radius 1 is 0.619 bits per heavy atom. The van der Waals surface area contributed by atoms with Crippen molar-refractivity contribution in [1.82, 2.24) is 21.3 Å². The van der Waals surface area contributed by atoms with E-state index >= 15 is 0 Å². The number of carboxylic acid groups (broad SMARTS) is 2. The summed E-state index contributed by atoms with van der Waals surface area (Å²) in [4.78, 5) is 73.1. The van der Waals surface area contributed by atoms with Crippen LogP contribution in [0.25, 0.3) is 0 Å². The SMILES string of the molecule is CNC1CCC(C(=O)NC2CCCC(NC(=O)C3CCC(NC(=O)CC(C(=O)O)C(CC(C)=O)C(=O)O)CC3)C2)CC1. The predicted molar refractivity (Wildman–Crippen MR) is 153 cm³/mol. The Kier molecular flexibility index (Phi) is 12.8. The summed E-state index contributed by atoms with van der Waals surface area (Å²) in [6.07, 6.45) is 8.54.